The van der Waals surface area contributed by atoms with E-state index in [2.05, 4.69) is 43.7 Å². The second kappa shape index (κ2) is 5.35. The van der Waals surface area contributed by atoms with Gasteiger partial charge < -0.3 is 4.57 Å². The highest BCUT2D eigenvalue weighted by atomic mass is 79.9. The molecule has 3 rings (SSSR count). The second-order valence-corrected chi connectivity index (χ2v) is 5.55. The van der Waals surface area contributed by atoms with Crippen molar-refractivity contribution in [1.29, 1.82) is 0 Å². The normalized spacial score (nSPS) is 11.1. The smallest absolute Gasteiger partial charge is 0.125 e. The highest BCUT2D eigenvalue weighted by Gasteiger charge is 2.10. The average Bonchev–Trinajstić information content (AvgIpc) is 2.77. The highest BCUT2D eigenvalue weighted by molar-refractivity contribution is 9.10. The number of nitrogens with zero attached hydrogens (tertiary/aromatic N) is 2. The van der Waals surface area contributed by atoms with E-state index >= 15 is 0 Å². The van der Waals surface area contributed by atoms with Crippen molar-refractivity contribution in [3.8, 4) is 0 Å². The number of alkyl halides is 1. The number of fused-ring (bicyclic) bond motifs is 1. The lowest BCUT2D eigenvalue weighted by Gasteiger charge is -2.07. The quantitative estimate of drug-likeness (QED) is 0.640. The molecule has 2 aromatic carbocycles. The van der Waals surface area contributed by atoms with Crippen LogP contribution in [-0.4, -0.2) is 9.55 Å². The van der Waals surface area contributed by atoms with Crippen LogP contribution in [0.2, 0.25) is 0 Å². The molecule has 4 heteroatoms. The Morgan fingerprint density at radius 1 is 1.11 bits per heavy atom. The third kappa shape index (κ3) is 2.53. The molecule has 0 aliphatic rings. The van der Waals surface area contributed by atoms with Crippen molar-refractivity contribution in [2.75, 3.05) is 0 Å². The van der Waals surface area contributed by atoms with Crippen LogP contribution >= 0.6 is 27.5 Å². The molecule has 0 bridgehead atoms. The Labute approximate surface area is 125 Å². The van der Waals surface area contributed by atoms with Gasteiger partial charge in [-0.15, -0.1) is 11.6 Å². The molecule has 19 heavy (non-hydrogen) atoms. The molecule has 2 nitrogen and oxygen atoms in total. The van der Waals surface area contributed by atoms with Crippen LogP contribution in [0.3, 0.4) is 0 Å². The van der Waals surface area contributed by atoms with E-state index < -0.39 is 0 Å². The summed E-state index contributed by atoms with van der Waals surface area (Å²) in [5, 5.41) is 0. The highest BCUT2D eigenvalue weighted by Crippen LogP contribution is 2.22. The van der Waals surface area contributed by atoms with Gasteiger partial charge in [0.2, 0.25) is 0 Å². The lowest BCUT2D eigenvalue weighted by Crippen LogP contribution is -2.03. The van der Waals surface area contributed by atoms with Crippen LogP contribution < -0.4 is 0 Å². The van der Waals surface area contributed by atoms with Crippen molar-refractivity contribution in [3.05, 3.63) is 64.4 Å². The van der Waals surface area contributed by atoms with Crippen LogP contribution in [0.25, 0.3) is 11.0 Å². The predicted octanol–water partition coefficient (Wildman–Crippen LogP) is 4.59. The molecule has 0 aliphatic carbocycles. The van der Waals surface area contributed by atoms with Crippen molar-refractivity contribution >= 4 is 38.6 Å². The van der Waals surface area contributed by atoms with Gasteiger partial charge in [-0.05, 0) is 23.8 Å². The van der Waals surface area contributed by atoms with Gasteiger partial charge in [-0.1, -0.05) is 46.3 Å². The monoisotopic (exact) mass is 334 g/mol. The summed E-state index contributed by atoms with van der Waals surface area (Å²) in [5.41, 5.74) is 3.33. The summed E-state index contributed by atoms with van der Waals surface area (Å²) in [6.45, 7) is 0.793. The third-order valence-corrected chi connectivity index (χ3v) is 3.82. The van der Waals surface area contributed by atoms with E-state index in [0.717, 1.165) is 27.9 Å². The van der Waals surface area contributed by atoms with Crippen molar-refractivity contribution in [1.82, 2.24) is 9.55 Å². The van der Waals surface area contributed by atoms with Crippen LogP contribution in [-0.2, 0) is 12.4 Å². The molecule has 0 N–H and O–H groups in total. The summed E-state index contributed by atoms with van der Waals surface area (Å²) in [6, 6.07) is 16.5. The SMILES string of the molecule is ClCc1nc2cc(Br)ccc2n1Cc1ccccc1. The summed E-state index contributed by atoms with van der Waals surface area (Å²) >= 11 is 9.49. The summed E-state index contributed by atoms with van der Waals surface area (Å²) in [5.74, 6) is 1.32. The molecule has 0 atom stereocenters. The van der Waals surface area contributed by atoms with Crippen LogP contribution in [0, 0.1) is 0 Å². The lowest BCUT2D eigenvalue weighted by molar-refractivity contribution is 0.779. The zero-order valence-corrected chi connectivity index (χ0v) is 12.5. The molecule has 0 radical (unpaired) electrons. The second-order valence-electron chi connectivity index (χ2n) is 4.37. The fourth-order valence-corrected chi connectivity index (χ4v) is 2.75. The fourth-order valence-electron chi connectivity index (χ4n) is 2.20. The first-order valence-corrected chi connectivity index (χ1v) is 7.35. The Balaban J connectivity index is 2.11. The van der Waals surface area contributed by atoms with E-state index in [1.165, 1.54) is 5.56 Å². The summed E-state index contributed by atoms with van der Waals surface area (Å²) in [6.07, 6.45) is 0. The van der Waals surface area contributed by atoms with Gasteiger partial charge in [0.05, 0.1) is 16.9 Å². The summed E-state index contributed by atoms with van der Waals surface area (Å²) in [4.78, 5) is 4.59. The number of hydrogen-bond donors (Lipinski definition) is 0. The van der Waals surface area contributed by atoms with Gasteiger partial charge in [-0.3, -0.25) is 0 Å². The molecule has 96 valence electrons. The molecule has 3 aromatic rings. The topological polar surface area (TPSA) is 17.8 Å². The fraction of sp³-hybridized carbons (Fsp3) is 0.133. The number of halogens is 2. The third-order valence-electron chi connectivity index (χ3n) is 3.09. The lowest BCUT2D eigenvalue weighted by atomic mass is 10.2. The van der Waals surface area contributed by atoms with Gasteiger partial charge in [-0.25, -0.2) is 4.98 Å². The molecule has 0 aliphatic heterocycles. The predicted molar refractivity (Wildman–Crippen MR) is 82.5 cm³/mol. The first-order valence-electron chi connectivity index (χ1n) is 6.02. The van der Waals surface area contributed by atoms with Gasteiger partial charge in [-0.2, -0.15) is 0 Å². The number of hydrogen-bond acceptors (Lipinski definition) is 1. The Morgan fingerprint density at radius 3 is 2.63 bits per heavy atom. The van der Waals surface area contributed by atoms with E-state index in [-0.39, 0.29) is 0 Å². The van der Waals surface area contributed by atoms with Crippen LogP contribution in [0.5, 0.6) is 0 Å². The standard InChI is InChI=1S/C15H12BrClN2/c16-12-6-7-14-13(8-12)18-15(9-17)19(14)10-11-4-2-1-3-5-11/h1-8H,9-10H2. The number of benzene rings is 2. The summed E-state index contributed by atoms with van der Waals surface area (Å²) in [7, 11) is 0. The Hall–Kier alpha value is -1.32. The Morgan fingerprint density at radius 2 is 1.89 bits per heavy atom. The van der Waals surface area contributed by atoms with Crippen LogP contribution in [0.15, 0.2) is 53.0 Å². The average molecular weight is 336 g/mol. The van der Waals surface area contributed by atoms with E-state index in [0.29, 0.717) is 5.88 Å². The molecular formula is C15H12BrClN2. The molecule has 0 saturated carbocycles. The zero-order chi connectivity index (χ0) is 13.2. The van der Waals surface area contributed by atoms with E-state index in [9.17, 15) is 0 Å². The van der Waals surface area contributed by atoms with Crippen molar-refractivity contribution in [2.24, 2.45) is 0 Å². The first kappa shape index (κ1) is 12.7. The molecule has 0 unspecified atom stereocenters. The first-order chi connectivity index (χ1) is 9.28. The van der Waals surface area contributed by atoms with Gasteiger partial charge in [0.1, 0.15) is 5.82 Å². The van der Waals surface area contributed by atoms with Gasteiger partial charge >= 0.3 is 0 Å². The number of aromatic nitrogens is 2. The maximum absolute atomic E-state index is 6.01. The maximum atomic E-state index is 6.01. The maximum Gasteiger partial charge on any atom is 0.125 e. The minimum absolute atomic E-state index is 0.416. The van der Waals surface area contributed by atoms with Gasteiger partial charge in [0.15, 0.2) is 0 Å². The number of rotatable bonds is 3. The van der Waals surface area contributed by atoms with Crippen LogP contribution in [0.1, 0.15) is 11.4 Å². The van der Waals surface area contributed by atoms with Gasteiger partial charge in [0, 0.05) is 11.0 Å². The van der Waals surface area contributed by atoms with E-state index in [1.54, 1.807) is 0 Å². The summed E-state index contributed by atoms with van der Waals surface area (Å²) < 4.78 is 3.20. The molecule has 0 fully saturated rings. The molecular weight excluding hydrogens is 324 g/mol. The Kier molecular flexibility index (Phi) is 3.58. The zero-order valence-electron chi connectivity index (χ0n) is 10.2. The van der Waals surface area contributed by atoms with Crippen molar-refractivity contribution < 1.29 is 0 Å². The molecule has 1 heterocycles. The van der Waals surface area contributed by atoms with Gasteiger partial charge in [0.25, 0.3) is 0 Å². The van der Waals surface area contributed by atoms with E-state index in [4.69, 9.17) is 11.6 Å². The molecule has 0 saturated heterocycles. The Bertz CT molecular complexity index is 707. The molecule has 0 spiro atoms. The largest absolute Gasteiger partial charge is 0.322 e. The minimum Gasteiger partial charge on any atom is -0.322 e. The molecule has 0 amide bonds. The van der Waals surface area contributed by atoms with Crippen LogP contribution in [0.4, 0.5) is 0 Å². The minimum atomic E-state index is 0.416. The van der Waals surface area contributed by atoms with Crippen molar-refractivity contribution in [3.63, 3.8) is 0 Å². The van der Waals surface area contributed by atoms with Crippen molar-refractivity contribution in [2.45, 2.75) is 12.4 Å². The van der Waals surface area contributed by atoms with E-state index in [1.807, 2.05) is 30.3 Å². The number of imidazole rings is 1. The molecule has 1 aromatic heterocycles.